The molecule has 0 aliphatic rings. The molecule has 0 spiro atoms. The summed E-state index contributed by atoms with van der Waals surface area (Å²) in [7, 11) is 0. The molecule has 0 aromatic heterocycles. The SMILES string of the molecule is CC(C)(C)c1cc(CBr)c([OH2+])c(C(C)(c2ccccc2)c2ccccc2)c1. The van der Waals surface area contributed by atoms with E-state index in [2.05, 4.69) is 104 Å². The summed E-state index contributed by atoms with van der Waals surface area (Å²) in [5, 5.41) is 9.65. The van der Waals surface area contributed by atoms with E-state index in [4.69, 9.17) is 5.11 Å². The van der Waals surface area contributed by atoms with E-state index in [0.717, 1.165) is 11.1 Å². The van der Waals surface area contributed by atoms with Crippen LogP contribution in [0, 0.1) is 0 Å². The van der Waals surface area contributed by atoms with E-state index in [1.165, 1.54) is 16.7 Å². The molecule has 0 saturated carbocycles. The number of halogens is 1. The number of hydrogen-bond acceptors (Lipinski definition) is 0. The normalized spacial score (nSPS) is 12.2. The van der Waals surface area contributed by atoms with Crippen LogP contribution in [0.4, 0.5) is 0 Å². The maximum Gasteiger partial charge on any atom is 0.262 e. The van der Waals surface area contributed by atoms with E-state index < -0.39 is 5.41 Å². The minimum atomic E-state index is -0.391. The Morgan fingerprint density at radius 2 is 1.22 bits per heavy atom. The summed E-state index contributed by atoms with van der Waals surface area (Å²) in [6, 6.07) is 25.5. The van der Waals surface area contributed by atoms with Gasteiger partial charge in [-0.15, -0.1) is 0 Å². The van der Waals surface area contributed by atoms with Gasteiger partial charge >= 0.3 is 0 Å². The molecule has 2 N–H and O–H groups in total. The Morgan fingerprint density at radius 1 is 0.741 bits per heavy atom. The first-order chi connectivity index (χ1) is 12.8. The zero-order valence-electron chi connectivity index (χ0n) is 16.5. The van der Waals surface area contributed by atoms with Gasteiger partial charge in [0.05, 0.1) is 16.5 Å². The van der Waals surface area contributed by atoms with Gasteiger partial charge in [0.25, 0.3) is 5.75 Å². The fraction of sp³-hybridized carbons (Fsp3) is 0.280. The fourth-order valence-corrected chi connectivity index (χ4v) is 4.10. The Morgan fingerprint density at radius 3 is 1.63 bits per heavy atom. The van der Waals surface area contributed by atoms with Gasteiger partial charge in [-0.05, 0) is 41.2 Å². The Kier molecular flexibility index (Phi) is 5.48. The fourth-order valence-electron chi connectivity index (χ4n) is 3.66. The smallest absolute Gasteiger partial charge is 0.262 e. The average molecular weight is 424 g/mol. The van der Waals surface area contributed by atoms with Crippen molar-refractivity contribution in [2.45, 2.75) is 43.9 Å². The highest BCUT2D eigenvalue weighted by atomic mass is 79.9. The largest absolute Gasteiger partial charge is 0.593 e. The van der Waals surface area contributed by atoms with Crippen LogP contribution in [-0.4, -0.2) is 5.11 Å². The number of rotatable bonds is 4. The molecule has 0 amide bonds. The predicted octanol–water partition coefficient (Wildman–Crippen LogP) is 6.67. The summed E-state index contributed by atoms with van der Waals surface area (Å²) >= 11 is 3.60. The summed E-state index contributed by atoms with van der Waals surface area (Å²) in [4.78, 5) is 0. The third-order valence-electron chi connectivity index (χ3n) is 5.47. The highest BCUT2D eigenvalue weighted by Gasteiger charge is 2.37. The van der Waals surface area contributed by atoms with Gasteiger partial charge in [-0.1, -0.05) is 97.4 Å². The lowest BCUT2D eigenvalue weighted by Crippen LogP contribution is -2.27. The molecule has 0 bridgehead atoms. The molecule has 3 aromatic rings. The van der Waals surface area contributed by atoms with Crippen molar-refractivity contribution in [2.24, 2.45) is 0 Å². The number of benzene rings is 3. The van der Waals surface area contributed by atoms with Gasteiger partial charge in [-0.25, -0.2) is 0 Å². The summed E-state index contributed by atoms with van der Waals surface area (Å²) in [6.07, 6.45) is 0. The zero-order valence-corrected chi connectivity index (χ0v) is 18.1. The number of alkyl halides is 1. The van der Waals surface area contributed by atoms with Gasteiger partial charge in [-0.3, -0.25) is 0 Å². The quantitative estimate of drug-likeness (QED) is 0.254. The maximum atomic E-state index is 8.97. The molecule has 0 heterocycles. The number of hydrogen-bond donors (Lipinski definition) is 0. The summed E-state index contributed by atoms with van der Waals surface area (Å²) in [5.74, 6) is 0.620. The van der Waals surface area contributed by atoms with Crippen LogP contribution in [0.3, 0.4) is 0 Å². The van der Waals surface area contributed by atoms with Crippen LogP contribution in [0.25, 0.3) is 0 Å². The van der Waals surface area contributed by atoms with Gasteiger partial charge in [0.2, 0.25) is 0 Å². The third kappa shape index (κ3) is 3.68. The van der Waals surface area contributed by atoms with Gasteiger partial charge in [-0.2, -0.15) is 0 Å². The van der Waals surface area contributed by atoms with Crippen LogP contribution in [0.5, 0.6) is 5.75 Å². The molecular weight excluding hydrogens is 396 g/mol. The lowest BCUT2D eigenvalue weighted by Gasteiger charge is -2.33. The van der Waals surface area contributed by atoms with Crippen molar-refractivity contribution >= 4 is 15.9 Å². The second-order valence-corrected chi connectivity index (χ2v) is 8.86. The summed E-state index contributed by atoms with van der Waals surface area (Å²) in [6.45, 7) is 8.94. The molecule has 0 unspecified atom stereocenters. The van der Waals surface area contributed by atoms with E-state index in [0.29, 0.717) is 11.1 Å². The van der Waals surface area contributed by atoms with E-state index in [1.54, 1.807) is 0 Å². The average Bonchev–Trinajstić information content (AvgIpc) is 2.68. The van der Waals surface area contributed by atoms with Crippen molar-refractivity contribution in [3.8, 4) is 5.75 Å². The van der Waals surface area contributed by atoms with Crippen LogP contribution < -0.4 is 0 Å². The van der Waals surface area contributed by atoms with Crippen molar-refractivity contribution in [1.29, 1.82) is 0 Å². The minimum Gasteiger partial charge on any atom is -0.593 e. The Hall–Kier alpha value is -2.06. The molecule has 0 aliphatic carbocycles. The summed E-state index contributed by atoms with van der Waals surface area (Å²) < 4.78 is 0. The molecule has 2 heteroatoms. The van der Waals surface area contributed by atoms with E-state index >= 15 is 0 Å². The molecule has 0 fully saturated rings. The second kappa shape index (κ2) is 7.52. The first-order valence-corrected chi connectivity index (χ1v) is 10.5. The first-order valence-electron chi connectivity index (χ1n) is 9.35. The maximum absolute atomic E-state index is 8.97. The van der Waals surface area contributed by atoms with Crippen molar-refractivity contribution in [3.05, 3.63) is 101 Å². The second-order valence-electron chi connectivity index (χ2n) is 8.30. The molecule has 0 saturated heterocycles. The van der Waals surface area contributed by atoms with Crippen LogP contribution in [0.15, 0.2) is 72.8 Å². The van der Waals surface area contributed by atoms with E-state index in [1.807, 2.05) is 12.1 Å². The highest BCUT2D eigenvalue weighted by molar-refractivity contribution is 9.08. The van der Waals surface area contributed by atoms with Crippen LogP contribution >= 0.6 is 15.9 Å². The van der Waals surface area contributed by atoms with Crippen LogP contribution in [-0.2, 0) is 16.2 Å². The van der Waals surface area contributed by atoms with Gasteiger partial charge < -0.3 is 5.11 Å². The van der Waals surface area contributed by atoms with Gasteiger partial charge in [0.15, 0.2) is 0 Å². The lowest BCUT2D eigenvalue weighted by molar-refractivity contribution is 0.451. The molecule has 27 heavy (non-hydrogen) atoms. The van der Waals surface area contributed by atoms with E-state index in [9.17, 15) is 0 Å². The topological polar surface area (TPSA) is 22.9 Å². The van der Waals surface area contributed by atoms with Crippen molar-refractivity contribution in [1.82, 2.24) is 0 Å². The minimum absolute atomic E-state index is 0.0215. The van der Waals surface area contributed by atoms with Gasteiger partial charge in [0, 0.05) is 5.33 Å². The van der Waals surface area contributed by atoms with E-state index in [-0.39, 0.29) is 5.41 Å². The molecule has 3 aromatic carbocycles. The standard InChI is InChI=1S/C25H27BrO/c1-24(2,3)21-15-18(17-26)23(27)22(16-21)25(4,19-11-7-5-8-12-19)20-13-9-6-10-14-20/h5-16,27H,17H2,1-4H3/p+1. The van der Waals surface area contributed by atoms with Crippen molar-refractivity contribution in [2.75, 3.05) is 0 Å². The first kappa shape index (κ1) is 19.7. The Bertz CT molecular complexity index is 869. The monoisotopic (exact) mass is 423 g/mol. The molecular formula is C25H28BrO+. The summed E-state index contributed by atoms with van der Waals surface area (Å²) in [5.41, 5.74) is 5.40. The van der Waals surface area contributed by atoms with Crippen LogP contribution in [0.2, 0.25) is 0 Å². The third-order valence-corrected chi connectivity index (χ3v) is 6.08. The molecule has 0 radical (unpaired) electrons. The zero-order chi connectivity index (χ0) is 19.7. The Balaban J connectivity index is 2.38. The van der Waals surface area contributed by atoms with Crippen molar-refractivity contribution < 1.29 is 5.11 Å². The molecule has 0 aliphatic heterocycles. The van der Waals surface area contributed by atoms with Crippen molar-refractivity contribution in [3.63, 3.8) is 0 Å². The molecule has 1 nitrogen and oxygen atoms in total. The Labute approximate surface area is 171 Å². The van der Waals surface area contributed by atoms with Gasteiger partial charge in [0.1, 0.15) is 0 Å². The lowest BCUT2D eigenvalue weighted by atomic mass is 9.69. The molecule has 140 valence electrons. The molecule has 3 rings (SSSR count). The predicted molar refractivity (Wildman–Crippen MR) is 119 cm³/mol. The van der Waals surface area contributed by atoms with Crippen LogP contribution in [0.1, 0.15) is 55.5 Å². The molecule has 0 atom stereocenters. The highest BCUT2D eigenvalue weighted by Crippen LogP contribution is 2.45.